The van der Waals surface area contributed by atoms with Crippen molar-refractivity contribution >= 4 is 28.3 Å². The van der Waals surface area contributed by atoms with Crippen LogP contribution in [0.2, 0.25) is 0 Å². The first-order valence-electron chi connectivity index (χ1n) is 13.1. The normalized spacial score (nSPS) is 31.2. The number of piperidine rings is 1. The molecule has 2 amide bonds. The number of thiazole rings is 1. The fourth-order valence-corrected chi connectivity index (χ4v) is 6.62. The number of likely N-dealkylation sites (tertiary alicyclic amines) is 1. The Bertz CT molecular complexity index is 913. The van der Waals surface area contributed by atoms with E-state index in [2.05, 4.69) is 22.1 Å². The summed E-state index contributed by atoms with van der Waals surface area (Å²) in [6, 6.07) is -1.20. The fourth-order valence-electron chi connectivity index (χ4n) is 5.70. The minimum absolute atomic E-state index is 0.00784. The summed E-state index contributed by atoms with van der Waals surface area (Å²) >= 11 is 1.22. The zero-order chi connectivity index (χ0) is 26.0. The second-order valence-corrected chi connectivity index (χ2v) is 12.0. The van der Waals surface area contributed by atoms with Crippen LogP contribution in [0.4, 0.5) is 13.9 Å². The molecular formula is C25H39F2N5O3S. The van der Waals surface area contributed by atoms with E-state index in [1.54, 1.807) is 6.20 Å². The smallest absolute Gasteiger partial charge is 0.265 e. The molecule has 36 heavy (non-hydrogen) atoms. The number of nitrogens with two attached hydrogens (primary N) is 1. The molecule has 0 spiro atoms. The number of alkyl halides is 2. The summed E-state index contributed by atoms with van der Waals surface area (Å²) in [5.41, 5.74) is 6.28. The van der Waals surface area contributed by atoms with Gasteiger partial charge in [-0.15, -0.1) is 0 Å². The standard InChI is InChI=1S/C25H39F2N5O3S/c1-15-4-6-18(7-5-15)22(28)23(34)30-24-29-10-20(36-24)19(13-31-11-16(2)35-17(3)12-31)32-14-25(26,27)9-8-21(32)33/h10,15-19,22H,4-9,11-14,28H2,1-3H3,(H,29,30,34)/t15?,16-,17-,18?,19?,22-/m0/s1. The van der Waals surface area contributed by atoms with Gasteiger partial charge in [-0.3, -0.25) is 14.5 Å². The van der Waals surface area contributed by atoms with Crippen LogP contribution < -0.4 is 11.1 Å². The number of ether oxygens (including phenoxy) is 1. The molecule has 2 saturated heterocycles. The first-order chi connectivity index (χ1) is 17.0. The first kappa shape index (κ1) is 27.3. The molecule has 4 atom stereocenters. The molecule has 0 bridgehead atoms. The largest absolute Gasteiger partial charge is 0.373 e. The molecule has 8 nitrogen and oxygen atoms in total. The highest BCUT2D eigenvalue weighted by Crippen LogP contribution is 2.37. The number of hydrogen-bond acceptors (Lipinski definition) is 7. The number of halogens is 2. The lowest BCUT2D eigenvalue weighted by atomic mass is 9.79. The van der Waals surface area contributed by atoms with E-state index in [0.717, 1.165) is 25.7 Å². The van der Waals surface area contributed by atoms with E-state index >= 15 is 0 Å². The second kappa shape index (κ2) is 11.4. The third-order valence-electron chi connectivity index (χ3n) is 7.68. The van der Waals surface area contributed by atoms with Crippen LogP contribution in [0.25, 0.3) is 0 Å². The molecule has 1 aromatic heterocycles. The van der Waals surface area contributed by atoms with Crippen molar-refractivity contribution < 1.29 is 23.1 Å². The third-order valence-corrected chi connectivity index (χ3v) is 8.70. The summed E-state index contributed by atoms with van der Waals surface area (Å²) in [6.07, 6.45) is 5.00. The van der Waals surface area contributed by atoms with Gasteiger partial charge in [0.15, 0.2) is 5.13 Å². The van der Waals surface area contributed by atoms with Gasteiger partial charge in [-0.25, -0.2) is 13.8 Å². The maximum atomic E-state index is 14.4. The topological polar surface area (TPSA) is 101 Å². The fraction of sp³-hybridized carbons (Fsp3) is 0.800. The van der Waals surface area contributed by atoms with Crippen LogP contribution in [-0.4, -0.2) is 76.9 Å². The van der Waals surface area contributed by atoms with E-state index in [1.165, 1.54) is 16.2 Å². The minimum Gasteiger partial charge on any atom is -0.373 e. The molecule has 3 heterocycles. The van der Waals surface area contributed by atoms with Gasteiger partial charge in [0.2, 0.25) is 11.8 Å². The molecule has 2 aliphatic heterocycles. The highest BCUT2D eigenvalue weighted by molar-refractivity contribution is 7.15. The summed E-state index contributed by atoms with van der Waals surface area (Å²) in [5.74, 6) is -2.68. The number of morpholine rings is 1. The molecule has 0 radical (unpaired) electrons. The Morgan fingerprint density at radius 1 is 1.25 bits per heavy atom. The predicted octanol–water partition coefficient (Wildman–Crippen LogP) is 3.64. The average molecular weight is 528 g/mol. The Morgan fingerprint density at radius 2 is 1.92 bits per heavy atom. The lowest BCUT2D eigenvalue weighted by Crippen LogP contribution is -2.53. The van der Waals surface area contributed by atoms with E-state index in [0.29, 0.717) is 35.6 Å². The monoisotopic (exact) mass is 527 g/mol. The van der Waals surface area contributed by atoms with Crippen LogP contribution in [-0.2, 0) is 14.3 Å². The number of amides is 2. The van der Waals surface area contributed by atoms with Crippen LogP contribution in [0, 0.1) is 11.8 Å². The molecule has 11 heteroatoms. The number of nitrogens with zero attached hydrogens (tertiary/aromatic N) is 3. The average Bonchev–Trinajstić information content (AvgIpc) is 3.26. The zero-order valence-electron chi connectivity index (χ0n) is 21.4. The third kappa shape index (κ3) is 6.79. The van der Waals surface area contributed by atoms with Crippen LogP contribution >= 0.6 is 11.3 Å². The molecule has 3 N–H and O–H groups in total. The lowest BCUT2D eigenvalue weighted by Gasteiger charge is -2.42. The molecule has 4 rings (SSSR count). The van der Waals surface area contributed by atoms with Gasteiger partial charge in [0, 0.05) is 38.7 Å². The molecule has 1 aromatic rings. The van der Waals surface area contributed by atoms with Crippen molar-refractivity contribution in [3.63, 3.8) is 0 Å². The van der Waals surface area contributed by atoms with E-state index in [1.807, 2.05) is 13.8 Å². The number of rotatable bonds is 7. The molecular weight excluding hydrogens is 488 g/mol. The highest BCUT2D eigenvalue weighted by Gasteiger charge is 2.43. The van der Waals surface area contributed by atoms with Gasteiger partial charge in [0.1, 0.15) is 0 Å². The van der Waals surface area contributed by atoms with Crippen LogP contribution in [0.5, 0.6) is 0 Å². The van der Waals surface area contributed by atoms with Gasteiger partial charge in [0.25, 0.3) is 5.92 Å². The van der Waals surface area contributed by atoms with Crippen molar-refractivity contribution in [2.24, 2.45) is 17.6 Å². The van der Waals surface area contributed by atoms with Gasteiger partial charge >= 0.3 is 0 Å². The maximum absolute atomic E-state index is 14.4. The Hall–Kier alpha value is -1.69. The number of aromatic nitrogens is 1. The van der Waals surface area contributed by atoms with E-state index in [-0.39, 0.29) is 36.4 Å². The van der Waals surface area contributed by atoms with E-state index in [9.17, 15) is 18.4 Å². The van der Waals surface area contributed by atoms with Gasteiger partial charge in [-0.1, -0.05) is 31.1 Å². The zero-order valence-corrected chi connectivity index (χ0v) is 22.2. The minimum atomic E-state index is -2.93. The predicted molar refractivity (Wildman–Crippen MR) is 135 cm³/mol. The Labute approximate surface area is 215 Å². The van der Waals surface area contributed by atoms with E-state index < -0.39 is 31.0 Å². The van der Waals surface area contributed by atoms with Crippen molar-refractivity contribution in [2.45, 2.75) is 89.5 Å². The Morgan fingerprint density at radius 3 is 2.58 bits per heavy atom. The Balaban J connectivity index is 1.49. The first-order valence-corrected chi connectivity index (χ1v) is 13.9. The Kier molecular flexibility index (Phi) is 8.63. The SMILES string of the molecule is CC1CCC([C@H](N)C(=O)Nc2ncc(C(CN3C[C@H](C)O[C@@H](C)C3)N3CC(F)(F)CCC3=O)s2)CC1. The maximum Gasteiger partial charge on any atom is 0.265 e. The highest BCUT2D eigenvalue weighted by atomic mass is 32.1. The van der Waals surface area contributed by atoms with E-state index in [4.69, 9.17) is 10.5 Å². The molecule has 1 saturated carbocycles. The molecule has 1 unspecified atom stereocenters. The molecule has 0 aromatic carbocycles. The van der Waals surface area contributed by atoms with Crippen molar-refractivity contribution in [3.05, 3.63) is 11.1 Å². The molecule has 1 aliphatic carbocycles. The van der Waals surface area contributed by atoms with Crippen LogP contribution in [0.15, 0.2) is 6.20 Å². The van der Waals surface area contributed by atoms with Gasteiger partial charge in [0.05, 0.1) is 35.7 Å². The number of nitrogens with one attached hydrogen (secondary N) is 1. The number of carbonyl (C=O) groups excluding carboxylic acids is 2. The quantitative estimate of drug-likeness (QED) is 0.562. The summed E-state index contributed by atoms with van der Waals surface area (Å²) in [7, 11) is 0. The summed E-state index contributed by atoms with van der Waals surface area (Å²) in [6.45, 7) is 7.26. The second-order valence-electron chi connectivity index (χ2n) is 11.0. The number of hydrogen-bond donors (Lipinski definition) is 2. The van der Waals surface area contributed by atoms with Gasteiger partial charge in [-0.2, -0.15) is 0 Å². The molecule has 3 aliphatic rings. The van der Waals surface area contributed by atoms with Crippen LogP contribution in [0.3, 0.4) is 0 Å². The van der Waals surface area contributed by atoms with Crippen molar-refractivity contribution in [2.75, 3.05) is 31.5 Å². The number of anilines is 1. The van der Waals surface area contributed by atoms with Crippen molar-refractivity contribution in [1.82, 2.24) is 14.8 Å². The van der Waals surface area contributed by atoms with Gasteiger partial charge in [-0.05, 0) is 38.5 Å². The summed E-state index contributed by atoms with van der Waals surface area (Å²) < 4.78 is 34.5. The molecule has 202 valence electrons. The summed E-state index contributed by atoms with van der Waals surface area (Å²) in [5, 5.41) is 3.21. The summed E-state index contributed by atoms with van der Waals surface area (Å²) in [4.78, 5) is 34.1. The lowest BCUT2D eigenvalue weighted by molar-refractivity contribution is -0.153. The number of carbonyl (C=O) groups is 2. The van der Waals surface area contributed by atoms with Crippen molar-refractivity contribution in [3.8, 4) is 0 Å². The van der Waals surface area contributed by atoms with Crippen LogP contribution in [0.1, 0.15) is 70.2 Å². The van der Waals surface area contributed by atoms with Gasteiger partial charge < -0.3 is 20.7 Å². The van der Waals surface area contributed by atoms with Crippen molar-refractivity contribution in [1.29, 1.82) is 0 Å². The molecule has 3 fully saturated rings.